The smallest absolute Gasteiger partial charge is 0.225 e. The molecule has 1 heterocycles. The fourth-order valence-electron chi connectivity index (χ4n) is 2.38. The van der Waals surface area contributed by atoms with Crippen molar-refractivity contribution in [2.45, 2.75) is 26.3 Å². The van der Waals surface area contributed by atoms with E-state index < -0.39 is 0 Å². The maximum atomic E-state index is 6.28. The Balaban J connectivity index is 1.98. The van der Waals surface area contributed by atoms with E-state index in [1.807, 2.05) is 42.5 Å². The average molecular weight is 387 g/mol. The Morgan fingerprint density at radius 2 is 1.77 bits per heavy atom. The highest BCUT2D eigenvalue weighted by atomic mass is 35.5. The first kappa shape index (κ1) is 18.5. The van der Waals surface area contributed by atoms with Crippen molar-refractivity contribution in [3.63, 3.8) is 0 Å². The Kier molecular flexibility index (Phi) is 5.96. The molecular formula is C20H20Cl2N4. The van der Waals surface area contributed by atoms with Crippen LogP contribution in [0.5, 0.6) is 0 Å². The Morgan fingerprint density at radius 3 is 2.46 bits per heavy atom. The summed E-state index contributed by atoms with van der Waals surface area (Å²) in [6.45, 7) is 4.22. The van der Waals surface area contributed by atoms with Gasteiger partial charge in [-0.3, -0.25) is 0 Å². The zero-order valence-electron chi connectivity index (χ0n) is 14.6. The number of rotatable bonds is 6. The standard InChI is InChI=1S/C20H20Cl2N4/c1-3-13(2)23-20-25-18(14-7-5-4-6-8-14)12-19(26-20)24-17-10-9-15(21)11-16(17)22/h4-13H,3H2,1-2H3,(H2,23,24,25,26)/t13-/m1/s1. The fraction of sp³-hybridized carbons (Fsp3) is 0.200. The van der Waals surface area contributed by atoms with Gasteiger partial charge in [-0.1, -0.05) is 60.5 Å². The summed E-state index contributed by atoms with van der Waals surface area (Å²) < 4.78 is 0. The number of nitrogens with one attached hydrogen (secondary N) is 2. The summed E-state index contributed by atoms with van der Waals surface area (Å²) >= 11 is 12.3. The molecule has 3 rings (SSSR count). The second kappa shape index (κ2) is 8.39. The lowest BCUT2D eigenvalue weighted by atomic mass is 10.1. The van der Waals surface area contributed by atoms with E-state index in [4.69, 9.17) is 23.2 Å². The van der Waals surface area contributed by atoms with Gasteiger partial charge in [0.25, 0.3) is 0 Å². The third-order valence-corrected chi connectivity index (χ3v) is 4.53. The van der Waals surface area contributed by atoms with E-state index in [2.05, 4.69) is 34.4 Å². The van der Waals surface area contributed by atoms with Gasteiger partial charge in [0.1, 0.15) is 5.82 Å². The van der Waals surface area contributed by atoms with Gasteiger partial charge in [-0.2, -0.15) is 4.98 Å². The monoisotopic (exact) mass is 386 g/mol. The number of aromatic nitrogens is 2. The molecule has 6 heteroatoms. The molecule has 0 aliphatic rings. The van der Waals surface area contributed by atoms with Crippen LogP contribution >= 0.6 is 23.2 Å². The summed E-state index contributed by atoms with van der Waals surface area (Å²) in [5, 5.41) is 7.72. The molecule has 2 aromatic carbocycles. The van der Waals surface area contributed by atoms with E-state index in [1.165, 1.54) is 0 Å². The van der Waals surface area contributed by atoms with Crippen molar-refractivity contribution in [2.75, 3.05) is 10.6 Å². The van der Waals surface area contributed by atoms with Gasteiger partial charge in [0.2, 0.25) is 5.95 Å². The highest BCUT2D eigenvalue weighted by Crippen LogP contribution is 2.29. The molecule has 3 aromatic rings. The van der Waals surface area contributed by atoms with Crippen molar-refractivity contribution in [3.8, 4) is 11.3 Å². The third-order valence-electron chi connectivity index (χ3n) is 3.98. The van der Waals surface area contributed by atoms with Gasteiger partial charge in [-0.25, -0.2) is 4.98 Å². The van der Waals surface area contributed by atoms with E-state index in [-0.39, 0.29) is 6.04 Å². The zero-order valence-corrected chi connectivity index (χ0v) is 16.1. The minimum atomic E-state index is 0.271. The molecule has 0 saturated heterocycles. The summed E-state index contributed by atoms with van der Waals surface area (Å²) in [6, 6.07) is 17.5. The van der Waals surface area contributed by atoms with E-state index >= 15 is 0 Å². The molecule has 0 radical (unpaired) electrons. The molecule has 0 aliphatic carbocycles. The van der Waals surface area contributed by atoms with Crippen LogP contribution in [0.3, 0.4) is 0 Å². The lowest BCUT2D eigenvalue weighted by Crippen LogP contribution is -2.16. The summed E-state index contributed by atoms with van der Waals surface area (Å²) in [4.78, 5) is 9.23. The molecule has 1 atom stereocenters. The summed E-state index contributed by atoms with van der Waals surface area (Å²) in [7, 11) is 0. The molecule has 1 aromatic heterocycles. The first-order valence-electron chi connectivity index (χ1n) is 8.48. The first-order valence-corrected chi connectivity index (χ1v) is 9.24. The molecule has 2 N–H and O–H groups in total. The quantitative estimate of drug-likeness (QED) is 0.514. The van der Waals surface area contributed by atoms with Crippen LogP contribution in [0.4, 0.5) is 17.5 Å². The molecule has 0 fully saturated rings. The maximum Gasteiger partial charge on any atom is 0.225 e. The number of hydrogen-bond donors (Lipinski definition) is 2. The second-order valence-electron chi connectivity index (χ2n) is 6.03. The predicted octanol–water partition coefficient (Wildman–Crippen LogP) is 6.40. The number of anilines is 3. The molecular weight excluding hydrogens is 367 g/mol. The summed E-state index contributed by atoms with van der Waals surface area (Å²) in [5.74, 6) is 1.24. The lowest BCUT2D eigenvalue weighted by Gasteiger charge is -2.15. The minimum absolute atomic E-state index is 0.271. The number of hydrogen-bond acceptors (Lipinski definition) is 4. The Hall–Kier alpha value is -2.30. The maximum absolute atomic E-state index is 6.28. The van der Waals surface area contributed by atoms with Crippen LogP contribution in [0.25, 0.3) is 11.3 Å². The molecule has 0 bridgehead atoms. The molecule has 0 spiro atoms. The van der Waals surface area contributed by atoms with Crippen molar-refractivity contribution < 1.29 is 0 Å². The third kappa shape index (κ3) is 4.65. The second-order valence-corrected chi connectivity index (χ2v) is 6.87. The largest absolute Gasteiger partial charge is 0.352 e. The minimum Gasteiger partial charge on any atom is -0.352 e. The van der Waals surface area contributed by atoms with Crippen molar-refractivity contribution in [3.05, 3.63) is 64.6 Å². The van der Waals surface area contributed by atoms with Crippen LogP contribution in [-0.4, -0.2) is 16.0 Å². The van der Waals surface area contributed by atoms with Crippen molar-refractivity contribution in [1.29, 1.82) is 0 Å². The van der Waals surface area contributed by atoms with E-state index in [0.29, 0.717) is 21.8 Å². The first-order chi connectivity index (χ1) is 12.5. The van der Waals surface area contributed by atoms with Gasteiger partial charge >= 0.3 is 0 Å². The SMILES string of the molecule is CC[C@@H](C)Nc1nc(Nc2ccc(Cl)cc2Cl)cc(-c2ccccc2)n1. The van der Waals surface area contributed by atoms with Crippen LogP contribution in [0.1, 0.15) is 20.3 Å². The summed E-state index contributed by atoms with van der Waals surface area (Å²) in [5.41, 5.74) is 2.59. The predicted molar refractivity (Wildman–Crippen MR) is 111 cm³/mol. The number of benzene rings is 2. The van der Waals surface area contributed by atoms with Crippen LogP contribution in [0.2, 0.25) is 10.0 Å². The van der Waals surface area contributed by atoms with E-state index in [1.54, 1.807) is 12.1 Å². The average Bonchev–Trinajstić information content (AvgIpc) is 2.64. The van der Waals surface area contributed by atoms with Crippen LogP contribution in [0.15, 0.2) is 54.6 Å². The zero-order chi connectivity index (χ0) is 18.5. The van der Waals surface area contributed by atoms with Gasteiger partial charge in [0, 0.05) is 22.7 Å². The lowest BCUT2D eigenvalue weighted by molar-refractivity contribution is 0.753. The van der Waals surface area contributed by atoms with Gasteiger partial charge in [-0.15, -0.1) is 0 Å². The topological polar surface area (TPSA) is 49.8 Å². The van der Waals surface area contributed by atoms with Crippen molar-refractivity contribution in [1.82, 2.24) is 9.97 Å². The molecule has 0 amide bonds. The normalized spacial score (nSPS) is 11.8. The Labute approximate surface area is 163 Å². The molecule has 0 aliphatic heterocycles. The number of halogens is 2. The molecule has 0 unspecified atom stereocenters. The van der Waals surface area contributed by atoms with Crippen molar-refractivity contribution >= 4 is 40.7 Å². The van der Waals surface area contributed by atoms with Gasteiger partial charge in [0.05, 0.1) is 16.4 Å². The Bertz CT molecular complexity index is 884. The Morgan fingerprint density at radius 1 is 1.00 bits per heavy atom. The molecule has 26 heavy (non-hydrogen) atoms. The van der Waals surface area contributed by atoms with E-state index in [0.717, 1.165) is 23.4 Å². The number of nitrogens with zero attached hydrogens (tertiary/aromatic N) is 2. The van der Waals surface area contributed by atoms with Crippen LogP contribution in [-0.2, 0) is 0 Å². The highest BCUT2D eigenvalue weighted by molar-refractivity contribution is 6.36. The fourth-order valence-corrected chi connectivity index (χ4v) is 2.84. The van der Waals surface area contributed by atoms with Crippen molar-refractivity contribution in [2.24, 2.45) is 0 Å². The van der Waals surface area contributed by atoms with Crippen LogP contribution in [0, 0.1) is 0 Å². The van der Waals surface area contributed by atoms with Crippen LogP contribution < -0.4 is 10.6 Å². The molecule has 134 valence electrons. The molecule has 4 nitrogen and oxygen atoms in total. The van der Waals surface area contributed by atoms with Gasteiger partial charge < -0.3 is 10.6 Å². The highest BCUT2D eigenvalue weighted by Gasteiger charge is 2.10. The summed E-state index contributed by atoms with van der Waals surface area (Å²) in [6.07, 6.45) is 0.977. The molecule has 0 saturated carbocycles. The van der Waals surface area contributed by atoms with Gasteiger partial charge in [-0.05, 0) is 31.5 Å². The van der Waals surface area contributed by atoms with Gasteiger partial charge in [0.15, 0.2) is 0 Å². The van der Waals surface area contributed by atoms with E-state index in [9.17, 15) is 0 Å².